The van der Waals surface area contributed by atoms with Crippen LogP contribution in [0.1, 0.15) is 5.56 Å². The summed E-state index contributed by atoms with van der Waals surface area (Å²) in [5, 5.41) is 11.2. The molecule has 1 aromatic heterocycles. The molecule has 0 radical (unpaired) electrons. The molecule has 8 heteroatoms. The first-order chi connectivity index (χ1) is 11.6. The maximum Gasteiger partial charge on any atom is 0.414 e. The maximum absolute atomic E-state index is 12.4. The third-order valence-electron chi connectivity index (χ3n) is 3.21. The Labute approximate surface area is 138 Å². The summed E-state index contributed by atoms with van der Waals surface area (Å²) in [5.74, 6) is 0. The topological polar surface area (TPSA) is 94.8 Å². The first-order valence-corrected chi connectivity index (χ1v) is 7.19. The highest BCUT2D eigenvalue weighted by atomic mass is 16.6. The second kappa shape index (κ2) is 8.59. The van der Waals surface area contributed by atoms with Gasteiger partial charge in [0.05, 0.1) is 18.1 Å². The highest BCUT2D eigenvalue weighted by molar-refractivity contribution is 5.90. The SMILES string of the molecule is COCCN(C(=O)OCc1ccccc1)c1ccncc1[N+](=O)[O-]. The molecule has 0 atom stereocenters. The minimum Gasteiger partial charge on any atom is -0.444 e. The summed E-state index contributed by atoms with van der Waals surface area (Å²) >= 11 is 0. The van der Waals surface area contributed by atoms with Gasteiger partial charge >= 0.3 is 11.8 Å². The van der Waals surface area contributed by atoms with Crippen LogP contribution >= 0.6 is 0 Å². The summed E-state index contributed by atoms with van der Waals surface area (Å²) in [4.78, 5) is 27.9. The largest absolute Gasteiger partial charge is 0.444 e. The van der Waals surface area contributed by atoms with Gasteiger partial charge in [0.15, 0.2) is 0 Å². The second-order valence-corrected chi connectivity index (χ2v) is 4.81. The lowest BCUT2D eigenvalue weighted by atomic mass is 10.2. The first kappa shape index (κ1) is 17.4. The van der Waals surface area contributed by atoms with Gasteiger partial charge in [-0.05, 0) is 11.6 Å². The molecule has 0 N–H and O–H groups in total. The molecule has 1 amide bonds. The average Bonchev–Trinajstić information content (AvgIpc) is 2.61. The maximum atomic E-state index is 12.4. The zero-order valence-electron chi connectivity index (χ0n) is 13.1. The number of carbonyl (C=O) groups is 1. The lowest BCUT2D eigenvalue weighted by molar-refractivity contribution is -0.384. The predicted molar refractivity (Wildman–Crippen MR) is 86.7 cm³/mol. The van der Waals surface area contributed by atoms with E-state index in [1.54, 1.807) is 0 Å². The molecule has 0 aliphatic carbocycles. The number of carbonyl (C=O) groups excluding carboxylic acids is 1. The van der Waals surface area contributed by atoms with Crippen molar-refractivity contribution in [1.29, 1.82) is 0 Å². The molecule has 0 fully saturated rings. The molecule has 8 nitrogen and oxygen atoms in total. The normalized spacial score (nSPS) is 10.2. The van der Waals surface area contributed by atoms with Crippen LogP contribution in [0.5, 0.6) is 0 Å². The van der Waals surface area contributed by atoms with Crippen LogP contribution in [-0.2, 0) is 16.1 Å². The zero-order chi connectivity index (χ0) is 17.4. The summed E-state index contributed by atoms with van der Waals surface area (Å²) < 4.78 is 10.2. The number of nitro groups is 1. The van der Waals surface area contributed by atoms with Gasteiger partial charge in [0.1, 0.15) is 18.5 Å². The molecular formula is C16H17N3O5. The lowest BCUT2D eigenvalue weighted by Crippen LogP contribution is -2.34. The number of anilines is 1. The summed E-state index contributed by atoms with van der Waals surface area (Å²) in [6.07, 6.45) is 1.79. The number of methoxy groups -OCH3 is 1. The molecular weight excluding hydrogens is 314 g/mol. The highest BCUT2D eigenvalue weighted by Gasteiger charge is 2.25. The summed E-state index contributed by atoms with van der Waals surface area (Å²) in [6.45, 7) is 0.400. The summed E-state index contributed by atoms with van der Waals surface area (Å²) in [7, 11) is 1.48. The molecule has 0 unspecified atom stereocenters. The molecule has 1 heterocycles. The number of hydrogen-bond acceptors (Lipinski definition) is 6. The standard InChI is InChI=1S/C16H17N3O5/c1-23-10-9-18(14-7-8-17-11-15(14)19(21)22)16(20)24-12-13-5-3-2-4-6-13/h2-8,11H,9-10,12H2,1H3. The number of hydrogen-bond donors (Lipinski definition) is 0. The van der Waals surface area contributed by atoms with Gasteiger partial charge in [0.25, 0.3) is 0 Å². The van der Waals surface area contributed by atoms with Crippen LogP contribution in [0.25, 0.3) is 0 Å². The van der Waals surface area contributed by atoms with E-state index >= 15 is 0 Å². The molecule has 0 saturated heterocycles. The Kier molecular flexibility index (Phi) is 6.21. The first-order valence-electron chi connectivity index (χ1n) is 7.19. The van der Waals surface area contributed by atoms with E-state index in [-0.39, 0.29) is 31.1 Å². The number of aromatic nitrogens is 1. The molecule has 0 saturated carbocycles. The van der Waals surface area contributed by atoms with Crippen molar-refractivity contribution in [2.75, 3.05) is 25.2 Å². The van der Waals surface area contributed by atoms with Gasteiger partial charge in [-0.3, -0.25) is 20.0 Å². The minimum absolute atomic E-state index is 0.0715. The Morgan fingerprint density at radius 3 is 2.71 bits per heavy atom. The minimum atomic E-state index is -0.690. The van der Waals surface area contributed by atoms with Crippen LogP contribution in [-0.4, -0.2) is 36.3 Å². The molecule has 0 bridgehead atoms. The van der Waals surface area contributed by atoms with Crippen LogP contribution in [0.3, 0.4) is 0 Å². The van der Waals surface area contributed by atoms with Gasteiger partial charge < -0.3 is 9.47 Å². The van der Waals surface area contributed by atoms with Crippen LogP contribution in [0.15, 0.2) is 48.8 Å². The van der Waals surface area contributed by atoms with Gasteiger partial charge in [-0.25, -0.2) is 4.79 Å². The smallest absolute Gasteiger partial charge is 0.414 e. The van der Waals surface area contributed by atoms with E-state index in [1.807, 2.05) is 30.3 Å². The summed E-state index contributed by atoms with van der Waals surface area (Å²) in [6, 6.07) is 10.6. The molecule has 2 rings (SSSR count). The van der Waals surface area contributed by atoms with E-state index in [9.17, 15) is 14.9 Å². The highest BCUT2D eigenvalue weighted by Crippen LogP contribution is 2.27. The fraction of sp³-hybridized carbons (Fsp3) is 0.250. The van der Waals surface area contributed by atoms with Crippen LogP contribution < -0.4 is 4.90 Å². The van der Waals surface area contributed by atoms with E-state index in [0.717, 1.165) is 11.8 Å². The Balaban J connectivity index is 2.18. The average molecular weight is 331 g/mol. The van der Waals surface area contributed by atoms with Crippen molar-refractivity contribution < 1.29 is 19.2 Å². The molecule has 126 valence electrons. The Hall–Kier alpha value is -3.00. The van der Waals surface area contributed by atoms with Crippen molar-refractivity contribution in [1.82, 2.24) is 4.98 Å². The Morgan fingerprint density at radius 2 is 2.04 bits per heavy atom. The second-order valence-electron chi connectivity index (χ2n) is 4.81. The number of nitrogens with zero attached hydrogens (tertiary/aromatic N) is 3. The van der Waals surface area contributed by atoms with E-state index in [0.29, 0.717) is 0 Å². The molecule has 1 aromatic carbocycles. The van der Waals surface area contributed by atoms with Crippen molar-refractivity contribution in [2.24, 2.45) is 0 Å². The van der Waals surface area contributed by atoms with Crippen molar-refractivity contribution in [3.8, 4) is 0 Å². The fourth-order valence-electron chi connectivity index (χ4n) is 2.04. The van der Waals surface area contributed by atoms with Crippen molar-refractivity contribution in [3.05, 3.63) is 64.5 Å². The van der Waals surface area contributed by atoms with E-state index in [2.05, 4.69) is 4.98 Å². The molecule has 0 spiro atoms. The number of pyridine rings is 1. The fourth-order valence-corrected chi connectivity index (χ4v) is 2.04. The molecule has 2 aromatic rings. The van der Waals surface area contributed by atoms with Gasteiger partial charge in [-0.1, -0.05) is 30.3 Å². The third-order valence-corrected chi connectivity index (χ3v) is 3.21. The quantitative estimate of drug-likeness (QED) is 0.572. The van der Waals surface area contributed by atoms with Crippen molar-refractivity contribution in [2.45, 2.75) is 6.61 Å². The number of rotatable bonds is 7. The molecule has 0 aliphatic heterocycles. The van der Waals surface area contributed by atoms with Gasteiger partial charge in [-0.15, -0.1) is 0 Å². The number of benzene rings is 1. The van der Waals surface area contributed by atoms with Crippen LogP contribution in [0.2, 0.25) is 0 Å². The monoisotopic (exact) mass is 331 g/mol. The van der Waals surface area contributed by atoms with Gasteiger partial charge in [-0.2, -0.15) is 0 Å². The van der Waals surface area contributed by atoms with E-state index in [4.69, 9.17) is 9.47 Å². The predicted octanol–water partition coefficient (Wildman–Crippen LogP) is 2.78. The lowest BCUT2D eigenvalue weighted by Gasteiger charge is -2.21. The van der Waals surface area contributed by atoms with Gasteiger partial charge in [0, 0.05) is 13.3 Å². The summed E-state index contributed by atoms with van der Waals surface area (Å²) in [5.41, 5.74) is 0.664. The Morgan fingerprint density at radius 1 is 1.29 bits per heavy atom. The number of ether oxygens (including phenoxy) is 2. The van der Waals surface area contributed by atoms with E-state index in [1.165, 1.54) is 24.3 Å². The van der Waals surface area contributed by atoms with Crippen molar-refractivity contribution >= 4 is 17.5 Å². The zero-order valence-corrected chi connectivity index (χ0v) is 13.1. The van der Waals surface area contributed by atoms with Gasteiger partial charge in [0.2, 0.25) is 0 Å². The molecule has 24 heavy (non-hydrogen) atoms. The van der Waals surface area contributed by atoms with Crippen molar-refractivity contribution in [3.63, 3.8) is 0 Å². The Bertz CT molecular complexity index is 693. The van der Waals surface area contributed by atoms with E-state index < -0.39 is 11.0 Å². The molecule has 0 aliphatic rings. The van der Waals surface area contributed by atoms with Crippen LogP contribution in [0, 0.1) is 10.1 Å². The number of amides is 1. The third kappa shape index (κ3) is 4.50. The van der Waals surface area contributed by atoms with Crippen LogP contribution in [0.4, 0.5) is 16.2 Å².